The Labute approximate surface area is 144 Å². The van der Waals surface area contributed by atoms with E-state index in [-0.39, 0.29) is 24.1 Å². The van der Waals surface area contributed by atoms with Crippen LogP contribution in [0.25, 0.3) is 5.69 Å². The first-order valence-electron chi connectivity index (χ1n) is 7.48. The number of imidazole rings is 1. The molecule has 1 aromatic heterocycles. The van der Waals surface area contributed by atoms with Gasteiger partial charge < -0.3 is 15.4 Å². The Morgan fingerprint density at radius 3 is 2.88 bits per heavy atom. The van der Waals surface area contributed by atoms with Gasteiger partial charge in [0.15, 0.2) is 5.16 Å². The fraction of sp³-hybridized carbons (Fsp3) is 0.312. The van der Waals surface area contributed by atoms with Crippen molar-refractivity contribution in [2.24, 2.45) is 0 Å². The van der Waals surface area contributed by atoms with Gasteiger partial charge in [-0.25, -0.2) is 4.98 Å². The number of rotatable bonds is 8. The summed E-state index contributed by atoms with van der Waals surface area (Å²) in [5.41, 5.74) is 0.900. The molecule has 24 heavy (non-hydrogen) atoms. The molecule has 2 amide bonds. The van der Waals surface area contributed by atoms with Crippen LogP contribution >= 0.6 is 11.8 Å². The maximum atomic E-state index is 11.8. The Hall–Kier alpha value is -2.48. The van der Waals surface area contributed by atoms with Crippen LogP contribution in [-0.2, 0) is 9.59 Å². The van der Waals surface area contributed by atoms with Crippen LogP contribution in [0.4, 0.5) is 0 Å². The number of carbonyl (C=O) groups excluding carboxylic acids is 2. The number of nitrogens with zero attached hydrogens (tertiary/aromatic N) is 2. The number of hydrogen-bond acceptors (Lipinski definition) is 5. The van der Waals surface area contributed by atoms with Crippen LogP contribution in [0.2, 0.25) is 0 Å². The lowest BCUT2D eigenvalue weighted by Gasteiger charge is -2.09. The van der Waals surface area contributed by atoms with E-state index in [1.54, 1.807) is 13.3 Å². The minimum atomic E-state index is -0.216. The molecule has 0 aliphatic rings. The predicted molar refractivity (Wildman–Crippen MR) is 92.5 cm³/mol. The number of ether oxygens (including phenoxy) is 1. The second-order valence-electron chi connectivity index (χ2n) is 4.80. The van der Waals surface area contributed by atoms with Gasteiger partial charge in [0.25, 0.3) is 0 Å². The van der Waals surface area contributed by atoms with Gasteiger partial charge in [-0.15, -0.1) is 0 Å². The van der Waals surface area contributed by atoms with Crippen LogP contribution in [0.15, 0.2) is 41.8 Å². The molecule has 0 saturated heterocycles. The molecule has 1 aromatic carbocycles. The minimum absolute atomic E-state index is 0.0163. The van der Waals surface area contributed by atoms with Gasteiger partial charge in [-0.2, -0.15) is 0 Å². The fourth-order valence-electron chi connectivity index (χ4n) is 1.97. The highest BCUT2D eigenvalue weighted by Crippen LogP contribution is 2.22. The molecule has 8 heteroatoms. The van der Waals surface area contributed by atoms with E-state index in [0.717, 1.165) is 11.4 Å². The number of aromatic nitrogens is 2. The molecule has 2 rings (SSSR count). The number of carbonyl (C=O) groups is 2. The maximum Gasteiger partial charge on any atom is 0.239 e. The van der Waals surface area contributed by atoms with Gasteiger partial charge in [0.05, 0.1) is 25.1 Å². The number of benzene rings is 1. The van der Waals surface area contributed by atoms with Gasteiger partial charge in [-0.05, 0) is 19.1 Å². The van der Waals surface area contributed by atoms with Gasteiger partial charge in [0.2, 0.25) is 11.8 Å². The Kier molecular flexibility index (Phi) is 6.68. The van der Waals surface area contributed by atoms with Crippen LogP contribution in [0.5, 0.6) is 5.75 Å². The molecule has 128 valence electrons. The Bertz CT molecular complexity index is 702. The quantitative estimate of drug-likeness (QED) is 0.701. The average molecular weight is 348 g/mol. The normalized spacial score (nSPS) is 10.2. The van der Waals surface area contributed by atoms with Crippen molar-refractivity contribution in [3.8, 4) is 11.4 Å². The zero-order chi connectivity index (χ0) is 17.4. The smallest absolute Gasteiger partial charge is 0.239 e. The van der Waals surface area contributed by atoms with Crippen molar-refractivity contribution in [2.45, 2.75) is 12.1 Å². The Balaban J connectivity index is 1.93. The van der Waals surface area contributed by atoms with Crippen LogP contribution in [0.3, 0.4) is 0 Å². The summed E-state index contributed by atoms with van der Waals surface area (Å²) < 4.78 is 7.10. The molecule has 2 N–H and O–H groups in total. The van der Waals surface area contributed by atoms with Crippen LogP contribution < -0.4 is 15.4 Å². The third kappa shape index (κ3) is 5.02. The molecule has 0 radical (unpaired) electrons. The van der Waals surface area contributed by atoms with Crippen LogP contribution in [-0.4, -0.2) is 47.3 Å². The summed E-state index contributed by atoms with van der Waals surface area (Å²) in [6.45, 7) is 2.35. The summed E-state index contributed by atoms with van der Waals surface area (Å²) in [4.78, 5) is 27.4. The molecular formula is C16H20N4O3S. The summed E-state index contributed by atoms with van der Waals surface area (Å²) in [6.07, 6.45) is 3.50. The number of hydrogen-bond donors (Lipinski definition) is 2. The summed E-state index contributed by atoms with van der Waals surface area (Å²) in [7, 11) is 1.61. The van der Waals surface area contributed by atoms with Gasteiger partial charge in [-0.1, -0.05) is 17.8 Å². The lowest BCUT2D eigenvalue weighted by atomic mass is 10.3. The molecule has 0 spiro atoms. The summed E-state index contributed by atoms with van der Waals surface area (Å²) in [5, 5.41) is 5.89. The van der Waals surface area contributed by atoms with Crippen molar-refractivity contribution in [3.05, 3.63) is 36.7 Å². The van der Waals surface area contributed by atoms with Crippen LogP contribution in [0.1, 0.15) is 6.92 Å². The standard InChI is InChI=1S/C16H20N4O3S/c1-3-17-14(21)10-19-15(22)11-24-16-18-7-8-20(16)12-5-4-6-13(9-12)23-2/h4-9H,3,10-11H2,1-2H3,(H,17,21)(H,19,22). The van der Waals surface area contributed by atoms with Gasteiger partial charge in [-0.3, -0.25) is 14.2 Å². The molecule has 7 nitrogen and oxygen atoms in total. The molecule has 0 aliphatic heterocycles. The molecule has 2 aromatic rings. The lowest BCUT2D eigenvalue weighted by Crippen LogP contribution is -2.37. The molecule has 0 aliphatic carbocycles. The van der Waals surface area contributed by atoms with E-state index in [9.17, 15) is 9.59 Å². The second kappa shape index (κ2) is 8.97. The number of amides is 2. The molecule has 1 heterocycles. The van der Waals surface area contributed by atoms with Gasteiger partial charge in [0, 0.05) is 25.0 Å². The molecule has 0 bridgehead atoms. The van der Waals surface area contributed by atoms with Crippen molar-refractivity contribution in [3.63, 3.8) is 0 Å². The van der Waals surface area contributed by atoms with Gasteiger partial charge >= 0.3 is 0 Å². The van der Waals surface area contributed by atoms with E-state index in [1.165, 1.54) is 11.8 Å². The van der Waals surface area contributed by atoms with Crippen molar-refractivity contribution >= 4 is 23.6 Å². The number of thioether (sulfide) groups is 1. The number of methoxy groups -OCH3 is 1. The first-order chi connectivity index (χ1) is 11.6. The third-order valence-corrected chi connectivity index (χ3v) is 4.06. The molecular weight excluding hydrogens is 328 g/mol. The van der Waals surface area contributed by atoms with Crippen molar-refractivity contribution in [1.29, 1.82) is 0 Å². The molecule has 0 unspecified atom stereocenters. The number of likely N-dealkylation sites (N-methyl/N-ethyl adjacent to an activating group) is 1. The minimum Gasteiger partial charge on any atom is -0.497 e. The SMILES string of the molecule is CCNC(=O)CNC(=O)CSc1nccn1-c1cccc(OC)c1. The highest BCUT2D eigenvalue weighted by atomic mass is 32.2. The average Bonchev–Trinajstić information content (AvgIpc) is 3.07. The van der Waals surface area contributed by atoms with Crippen LogP contribution in [0, 0.1) is 0 Å². The van der Waals surface area contributed by atoms with E-state index >= 15 is 0 Å². The zero-order valence-electron chi connectivity index (χ0n) is 13.6. The molecule has 0 fully saturated rings. The summed E-state index contributed by atoms with van der Waals surface area (Å²) in [6, 6.07) is 7.58. The lowest BCUT2D eigenvalue weighted by molar-refractivity contribution is -0.124. The highest BCUT2D eigenvalue weighted by molar-refractivity contribution is 7.99. The van der Waals surface area contributed by atoms with Gasteiger partial charge in [0.1, 0.15) is 5.75 Å². The second-order valence-corrected chi connectivity index (χ2v) is 5.74. The van der Waals surface area contributed by atoms with E-state index in [4.69, 9.17) is 4.74 Å². The monoisotopic (exact) mass is 348 g/mol. The Morgan fingerprint density at radius 2 is 2.12 bits per heavy atom. The first kappa shape index (κ1) is 17.9. The fourth-order valence-corrected chi connectivity index (χ4v) is 2.78. The van der Waals surface area contributed by atoms with E-state index in [1.807, 2.05) is 42.0 Å². The Morgan fingerprint density at radius 1 is 1.29 bits per heavy atom. The summed E-state index contributed by atoms with van der Waals surface area (Å²) >= 11 is 1.30. The van der Waals surface area contributed by atoms with Crippen molar-refractivity contribution in [2.75, 3.05) is 26.0 Å². The third-order valence-electron chi connectivity index (χ3n) is 3.09. The maximum absolute atomic E-state index is 11.8. The van der Waals surface area contributed by atoms with E-state index in [2.05, 4.69) is 15.6 Å². The van der Waals surface area contributed by atoms with Crippen molar-refractivity contribution < 1.29 is 14.3 Å². The zero-order valence-corrected chi connectivity index (χ0v) is 14.4. The predicted octanol–water partition coefficient (Wildman–Crippen LogP) is 1.23. The van der Waals surface area contributed by atoms with E-state index in [0.29, 0.717) is 11.7 Å². The molecule has 0 atom stereocenters. The highest BCUT2D eigenvalue weighted by Gasteiger charge is 2.10. The first-order valence-corrected chi connectivity index (χ1v) is 8.46. The largest absolute Gasteiger partial charge is 0.497 e. The number of nitrogens with one attached hydrogen (secondary N) is 2. The summed E-state index contributed by atoms with van der Waals surface area (Å²) in [5.74, 6) is 0.512. The van der Waals surface area contributed by atoms with E-state index < -0.39 is 0 Å². The topological polar surface area (TPSA) is 85.3 Å². The molecule has 0 saturated carbocycles. The van der Waals surface area contributed by atoms with Crippen molar-refractivity contribution in [1.82, 2.24) is 20.2 Å².